The van der Waals surface area contributed by atoms with E-state index in [0.29, 0.717) is 28.7 Å². The van der Waals surface area contributed by atoms with Crippen LogP contribution >= 0.6 is 47.0 Å². The number of nitrogens with one attached hydrogen (secondary N) is 1. The van der Waals surface area contributed by atoms with E-state index >= 15 is 0 Å². The summed E-state index contributed by atoms with van der Waals surface area (Å²) in [6.45, 7) is 0.464. The van der Waals surface area contributed by atoms with Crippen molar-refractivity contribution < 1.29 is 18.0 Å². The summed E-state index contributed by atoms with van der Waals surface area (Å²) in [6, 6.07) is 8.67. The molecule has 1 N–H and O–H groups in total. The predicted octanol–water partition coefficient (Wildman–Crippen LogP) is 8.98. The maximum Gasteiger partial charge on any atom is 0.435 e. The second-order valence-electron chi connectivity index (χ2n) is 9.08. The minimum atomic E-state index is -4.76. The molecule has 0 bridgehead atoms. The van der Waals surface area contributed by atoms with Crippen molar-refractivity contribution in [3.05, 3.63) is 62.6 Å². The zero-order valence-corrected chi connectivity index (χ0v) is 21.8. The van der Waals surface area contributed by atoms with E-state index in [-0.39, 0.29) is 21.3 Å². The van der Waals surface area contributed by atoms with Crippen LogP contribution in [0.2, 0.25) is 15.1 Å². The summed E-state index contributed by atoms with van der Waals surface area (Å²) < 4.78 is 42.8. The van der Waals surface area contributed by atoms with Gasteiger partial charge in [0, 0.05) is 39.0 Å². The third kappa shape index (κ3) is 6.07. The Morgan fingerprint density at radius 3 is 2.40 bits per heavy atom. The Labute approximate surface area is 222 Å². The number of benzene rings is 2. The van der Waals surface area contributed by atoms with Crippen LogP contribution in [0.5, 0.6) is 0 Å². The highest BCUT2D eigenvalue weighted by molar-refractivity contribution is 7.80. The Morgan fingerprint density at radius 2 is 1.74 bits per heavy atom. The SMILES string of the molecule is FC(F)(F)C1(c2cc(Cl)cc(Cl)c2)CC(c2ccc(Cl)c(NCC(=S)CC3CCCCC3)c2)=NO1. The summed E-state index contributed by atoms with van der Waals surface area (Å²) in [5.74, 6) is 0.625. The van der Waals surface area contributed by atoms with E-state index in [4.69, 9.17) is 51.9 Å². The van der Waals surface area contributed by atoms with Crippen molar-refractivity contribution in [3.63, 3.8) is 0 Å². The molecule has 2 aromatic carbocycles. The third-order valence-corrected chi connectivity index (χ3v) is 7.61. The van der Waals surface area contributed by atoms with Crippen LogP contribution in [-0.4, -0.2) is 23.3 Å². The molecule has 4 rings (SSSR count). The molecule has 0 saturated heterocycles. The predicted molar refractivity (Wildman–Crippen MR) is 140 cm³/mol. The lowest BCUT2D eigenvalue weighted by Crippen LogP contribution is -2.42. The molecule has 0 amide bonds. The van der Waals surface area contributed by atoms with Gasteiger partial charge in [-0.1, -0.05) is 90.3 Å². The Balaban J connectivity index is 1.50. The number of halogens is 6. The molecule has 10 heteroatoms. The Morgan fingerprint density at radius 1 is 1.06 bits per heavy atom. The molecule has 0 spiro atoms. The zero-order chi connectivity index (χ0) is 25.2. The largest absolute Gasteiger partial charge is 0.435 e. The first-order chi connectivity index (χ1) is 16.6. The molecule has 2 aromatic rings. The number of anilines is 1. The van der Waals surface area contributed by atoms with E-state index in [1.807, 2.05) is 0 Å². The summed E-state index contributed by atoms with van der Waals surface area (Å²) in [6.07, 6.45) is 1.79. The van der Waals surface area contributed by atoms with Gasteiger partial charge in [0.15, 0.2) is 0 Å². The number of hydrogen-bond donors (Lipinski definition) is 1. The van der Waals surface area contributed by atoms with Crippen molar-refractivity contribution in [1.29, 1.82) is 0 Å². The third-order valence-electron chi connectivity index (χ3n) is 6.53. The molecule has 1 heterocycles. The highest BCUT2D eigenvalue weighted by Gasteiger charge is 2.62. The van der Waals surface area contributed by atoms with Crippen LogP contribution in [0.25, 0.3) is 0 Å². The van der Waals surface area contributed by atoms with Gasteiger partial charge in [-0.2, -0.15) is 13.2 Å². The number of hydrogen-bond acceptors (Lipinski definition) is 4. The summed E-state index contributed by atoms with van der Waals surface area (Å²) in [7, 11) is 0. The van der Waals surface area contributed by atoms with E-state index in [9.17, 15) is 13.2 Å². The fraction of sp³-hybridized carbons (Fsp3) is 0.440. The van der Waals surface area contributed by atoms with Gasteiger partial charge in [-0.05, 0) is 42.7 Å². The highest BCUT2D eigenvalue weighted by Crippen LogP contribution is 2.50. The lowest BCUT2D eigenvalue weighted by molar-refractivity contribution is -0.275. The molecular weight excluding hydrogens is 540 g/mol. The van der Waals surface area contributed by atoms with Gasteiger partial charge in [-0.3, -0.25) is 0 Å². The van der Waals surface area contributed by atoms with Gasteiger partial charge >= 0.3 is 6.18 Å². The molecule has 2 aliphatic rings. The fourth-order valence-corrected chi connectivity index (χ4v) is 5.68. The fourth-order valence-electron chi connectivity index (χ4n) is 4.67. The first-order valence-corrected chi connectivity index (χ1v) is 13.0. The average Bonchev–Trinajstić information content (AvgIpc) is 3.26. The highest BCUT2D eigenvalue weighted by atomic mass is 35.5. The monoisotopic (exact) mass is 562 g/mol. The van der Waals surface area contributed by atoms with Gasteiger partial charge in [0.05, 0.1) is 16.4 Å². The summed E-state index contributed by atoms with van der Waals surface area (Å²) in [5.41, 5.74) is -1.71. The number of alkyl halides is 3. The van der Waals surface area contributed by atoms with Gasteiger partial charge < -0.3 is 10.2 Å². The van der Waals surface area contributed by atoms with Gasteiger partial charge in [0.25, 0.3) is 5.60 Å². The smallest absolute Gasteiger partial charge is 0.379 e. The molecular formula is C25H24Cl3F3N2OS. The molecule has 1 saturated carbocycles. The van der Waals surface area contributed by atoms with E-state index in [2.05, 4.69) is 10.5 Å². The Bertz CT molecular complexity index is 1120. The lowest BCUT2D eigenvalue weighted by Gasteiger charge is -2.29. The normalized spacial score (nSPS) is 20.9. The van der Waals surface area contributed by atoms with Gasteiger partial charge in [-0.25, -0.2) is 0 Å². The quantitative estimate of drug-likeness (QED) is 0.341. The van der Waals surface area contributed by atoms with Crippen molar-refractivity contribution in [2.75, 3.05) is 11.9 Å². The first-order valence-electron chi connectivity index (χ1n) is 11.4. The van der Waals surface area contributed by atoms with E-state index < -0.39 is 18.2 Å². The van der Waals surface area contributed by atoms with Crippen LogP contribution in [0.3, 0.4) is 0 Å². The van der Waals surface area contributed by atoms with Crippen molar-refractivity contribution in [3.8, 4) is 0 Å². The maximum absolute atomic E-state index is 14.3. The van der Waals surface area contributed by atoms with Crippen molar-refractivity contribution in [1.82, 2.24) is 0 Å². The minimum absolute atomic E-state index is 0.0790. The molecule has 0 radical (unpaired) electrons. The molecule has 1 aliphatic carbocycles. The number of rotatable bonds is 7. The summed E-state index contributed by atoms with van der Waals surface area (Å²) in [5, 5.41) is 7.66. The molecule has 1 atom stereocenters. The van der Waals surface area contributed by atoms with Gasteiger partial charge in [-0.15, -0.1) is 0 Å². The molecule has 1 fully saturated rings. The second kappa shape index (κ2) is 10.8. The Kier molecular flexibility index (Phi) is 8.21. The molecule has 3 nitrogen and oxygen atoms in total. The second-order valence-corrected chi connectivity index (χ2v) is 10.9. The van der Waals surface area contributed by atoms with E-state index in [1.165, 1.54) is 50.3 Å². The van der Waals surface area contributed by atoms with Gasteiger partial charge in [0.1, 0.15) is 0 Å². The standard InChI is InChI=1S/C25H24Cl3F3N2OS/c26-18-10-17(11-19(27)12-18)24(25(29,30)31)13-23(33-34-24)16-6-7-21(28)22(9-16)32-14-20(35)8-15-4-2-1-3-5-15/h6-7,9-12,15,32H,1-5,8,13-14H2. The van der Waals surface area contributed by atoms with Crippen LogP contribution in [0, 0.1) is 5.92 Å². The lowest BCUT2D eigenvalue weighted by atomic mass is 9.86. The number of thiocarbonyl (C=S) groups is 1. The maximum atomic E-state index is 14.3. The Hall–Kier alpha value is -1.54. The average molecular weight is 564 g/mol. The van der Waals surface area contributed by atoms with Crippen LogP contribution in [-0.2, 0) is 10.4 Å². The van der Waals surface area contributed by atoms with Crippen LogP contribution in [0.1, 0.15) is 56.1 Å². The molecule has 1 aliphatic heterocycles. The van der Waals surface area contributed by atoms with Crippen molar-refractivity contribution in [2.24, 2.45) is 11.1 Å². The molecule has 188 valence electrons. The zero-order valence-electron chi connectivity index (χ0n) is 18.7. The van der Waals surface area contributed by atoms with Crippen molar-refractivity contribution >= 4 is 63.3 Å². The first kappa shape index (κ1) is 26.5. The van der Waals surface area contributed by atoms with E-state index in [0.717, 1.165) is 11.3 Å². The van der Waals surface area contributed by atoms with Crippen molar-refractivity contribution in [2.45, 2.75) is 56.7 Å². The topological polar surface area (TPSA) is 33.6 Å². The van der Waals surface area contributed by atoms with Crippen LogP contribution < -0.4 is 5.32 Å². The summed E-state index contributed by atoms with van der Waals surface area (Å²) in [4.78, 5) is 6.00. The van der Waals surface area contributed by atoms with Crippen LogP contribution in [0.4, 0.5) is 18.9 Å². The molecule has 35 heavy (non-hydrogen) atoms. The number of oxime groups is 1. The summed E-state index contributed by atoms with van der Waals surface area (Å²) >= 11 is 23.9. The number of nitrogens with zero attached hydrogens (tertiary/aromatic N) is 1. The van der Waals surface area contributed by atoms with E-state index in [1.54, 1.807) is 18.2 Å². The van der Waals surface area contributed by atoms with Gasteiger partial charge in [0.2, 0.25) is 0 Å². The molecule has 0 aromatic heterocycles. The minimum Gasteiger partial charge on any atom is -0.379 e. The molecule has 1 unspecified atom stereocenters. The van der Waals surface area contributed by atoms with Crippen LogP contribution in [0.15, 0.2) is 41.6 Å².